The standard InChI is InChI=1S/C16H22N4/c1-11(2)9-13-10-15(17)19-16(18-13)12-5-7-14(8-6-12)20(3)4/h5-8,10-11H,9H2,1-4H3,(H2,17,18,19). The van der Waals surface area contributed by atoms with Gasteiger partial charge in [-0.1, -0.05) is 13.8 Å². The summed E-state index contributed by atoms with van der Waals surface area (Å²) in [5, 5.41) is 0. The van der Waals surface area contributed by atoms with Crippen molar-refractivity contribution in [3.63, 3.8) is 0 Å². The molecule has 2 aromatic rings. The van der Waals surface area contributed by atoms with Crippen molar-refractivity contribution in [2.24, 2.45) is 5.92 Å². The van der Waals surface area contributed by atoms with Crippen LogP contribution in [0.25, 0.3) is 11.4 Å². The topological polar surface area (TPSA) is 55.0 Å². The van der Waals surface area contributed by atoms with E-state index >= 15 is 0 Å². The zero-order chi connectivity index (χ0) is 14.7. The summed E-state index contributed by atoms with van der Waals surface area (Å²) in [6.45, 7) is 4.34. The molecule has 0 fully saturated rings. The van der Waals surface area contributed by atoms with Gasteiger partial charge >= 0.3 is 0 Å². The van der Waals surface area contributed by atoms with Crippen LogP contribution < -0.4 is 10.6 Å². The molecule has 1 aromatic carbocycles. The summed E-state index contributed by atoms with van der Waals surface area (Å²) in [6.07, 6.45) is 0.912. The van der Waals surface area contributed by atoms with Crippen molar-refractivity contribution in [1.82, 2.24) is 9.97 Å². The van der Waals surface area contributed by atoms with Gasteiger partial charge < -0.3 is 10.6 Å². The van der Waals surface area contributed by atoms with E-state index in [9.17, 15) is 0 Å². The molecular weight excluding hydrogens is 248 g/mol. The second-order valence-corrected chi connectivity index (χ2v) is 5.65. The lowest BCUT2D eigenvalue weighted by atomic mass is 10.1. The van der Waals surface area contributed by atoms with Crippen LogP contribution in [0.5, 0.6) is 0 Å². The minimum atomic E-state index is 0.530. The molecule has 0 bridgehead atoms. The van der Waals surface area contributed by atoms with E-state index in [-0.39, 0.29) is 0 Å². The van der Waals surface area contributed by atoms with Crippen molar-refractivity contribution >= 4 is 11.5 Å². The summed E-state index contributed by atoms with van der Waals surface area (Å²) in [4.78, 5) is 11.0. The number of benzene rings is 1. The SMILES string of the molecule is CC(C)Cc1cc(N)nc(-c2ccc(N(C)C)cc2)n1. The summed E-state index contributed by atoms with van der Waals surface area (Å²) >= 11 is 0. The van der Waals surface area contributed by atoms with Crippen LogP contribution in [0.4, 0.5) is 11.5 Å². The third-order valence-electron chi connectivity index (χ3n) is 3.06. The number of rotatable bonds is 4. The van der Waals surface area contributed by atoms with Crippen molar-refractivity contribution in [3.05, 3.63) is 36.0 Å². The molecule has 4 nitrogen and oxygen atoms in total. The lowest BCUT2D eigenvalue weighted by Gasteiger charge is -2.13. The first-order valence-corrected chi connectivity index (χ1v) is 6.87. The van der Waals surface area contributed by atoms with Crippen molar-refractivity contribution in [2.45, 2.75) is 20.3 Å². The van der Waals surface area contributed by atoms with Gasteiger partial charge in [-0.05, 0) is 36.6 Å². The number of hydrogen-bond acceptors (Lipinski definition) is 4. The van der Waals surface area contributed by atoms with Gasteiger partial charge in [-0.25, -0.2) is 9.97 Å². The number of nitrogen functional groups attached to an aromatic ring is 1. The van der Waals surface area contributed by atoms with E-state index in [0.29, 0.717) is 17.6 Å². The van der Waals surface area contributed by atoms with Gasteiger partial charge in [0.25, 0.3) is 0 Å². The van der Waals surface area contributed by atoms with Crippen LogP contribution in [-0.4, -0.2) is 24.1 Å². The molecule has 1 heterocycles. The molecule has 1 aromatic heterocycles. The average Bonchev–Trinajstić information content (AvgIpc) is 2.37. The molecule has 0 saturated carbocycles. The summed E-state index contributed by atoms with van der Waals surface area (Å²) < 4.78 is 0. The second kappa shape index (κ2) is 5.90. The first kappa shape index (κ1) is 14.3. The Morgan fingerprint density at radius 2 is 1.75 bits per heavy atom. The predicted molar refractivity (Wildman–Crippen MR) is 84.7 cm³/mol. The fourth-order valence-corrected chi connectivity index (χ4v) is 2.08. The molecule has 2 N–H and O–H groups in total. The molecule has 0 unspecified atom stereocenters. The molecule has 0 saturated heterocycles. The zero-order valence-electron chi connectivity index (χ0n) is 12.6. The first-order chi connectivity index (χ1) is 9.45. The van der Waals surface area contributed by atoms with Crippen molar-refractivity contribution < 1.29 is 0 Å². The molecular formula is C16H22N4. The second-order valence-electron chi connectivity index (χ2n) is 5.65. The summed E-state index contributed by atoms with van der Waals surface area (Å²) in [5.74, 6) is 1.78. The minimum Gasteiger partial charge on any atom is -0.384 e. The Labute approximate surface area is 120 Å². The molecule has 106 valence electrons. The van der Waals surface area contributed by atoms with Gasteiger partial charge in [0.2, 0.25) is 0 Å². The van der Waals surface area contributed by atoms with Crippen LogP contribution in [0.1, 0.15) is 19.5 Å². The molecule has 4 heteroatoms. The van der Waals surface area contributed by atoms with Crippen LogP contribution in [0, 0.1) is 5.92 Å². The monoisotopic (exact) mass is 270 g/mol. The van der Waals surface area contributed by atoms with E-state index in [0.717, 1.165) is 23.4 Å². The minimum absolute atomic E-state index is 0.530. The quantitative estimate of drug-likeness (QED) is 0.928. The summed E-state index contributed by atoms with van der Waals surface area (Å²) in [7, 11) is 4.04. The number of anilines is 2. The van der Waals surface area contributed by atoms with E-state index in [1.165, 1.54) is 0 Å². The van der Waals surface area contributed by atoms with Gasteiger partial charge in [0.05, 0.1) is 0 Å². The van der Waals surface area contributed by atoms with E-state index in [4.69, 9.17) is 5.73 Å². The maximum Gasteiger partial charge on any atom is 0.161 e. The highest BCUT2D eigenvalue weighted by Crippen LogP contribution is 2.21. The Balaban J connectivity index is 2.34. The average molecular weight is 270 g/mol. The van der Waals surface area contributed by atoms with Crippen LogP contribution in [0.15, 0.2) is 30.3 Å². The van der Waals surface area contributed by atoms with Gasteiger partial charge in [0, 0.05) is 37.1 Å². The van der Waals surface area contributed by atoms with Gasteiger partial charge in [-0.3, -0.25) is 0 Å². The van der Waals surface area contributed by atoms with Crippen molar-refractivity contribution in [1.29, 1.82) is 0 Å². The van der Waals surface area contributed by atoms with Crippen LogP contribution in [0.2, 0.25) is 0 Å². The molecule has 0 radical (unpaired) electrons. The third-order valence-corrected chi connectivity index (χ3v) is 3.06. The Bertz CT molecular complexity index is 574. The first-order valence-electron chi connectivity index (χ1n) is 6.87. The van der Waals surface area contributed by atoms with E-state index in [1.807, 2.05) is 32.3 Å². The number of nitrogens with zero attached hydrogens (tertiary/aromatic N) is 3. The molecule has 0 amide bonds. The highest BCUT2D eigenvalue weighted by atomic mass is 15.1. The maximum atomic E-state index is 5.89. The fourth-order valence-electron chi connectivity index (χ4n) is 2.08. The molecule has 0 aliphatic carbocycles. The Morgan fingerprint density at radius 3 is 2.30 bits per heavy atom. The van der Waals surface area contributed by atoms with Gasteiger partial charge in [-0.2, -0.15) is 0 Å². The molecule has 0 atom stereocenters. The van der Waals surface area contributed by atoms with E-state index in [1.54, 1.807) is 0 Å². The maximum absolute atomic E-state index is 5.89. The summed E-state index contributed by atoms with van der Waals surface area (Å²) in [6, 6.07) is 10.0. The molecule has 0 aliphatic rings. The van der Waals surface area contributed by atoms with E-state index < -0.39 is 0 Å². The lowest BCUT2D eigenvalue weighted by Crippen LogP contribution is -2.08. The zero-order valence-corrected chi connectivity index (χ0v) is 12.6. The van der Waals surface area contributed by atoms with Crippen LogP contribution >= 0.6 is 0 Å². The van der Waals surface area contributed by atoms with Crippen molar-refractivity contribution in [2.75, 3.05) is 24.7 Å². The number of aromatic nitrogens is 2. The van der Waals surface area contributed by atoms with E-state index in [2.05, 4.69) is 40.8 Å². The highest BCUT2D eigenvalue weighted by molar-refractivity contribution is 5.61. The van der Waals surface area contributed by atoms with Crippen LogP contribution in [-0.2, 0) is 6.42 Å². The third kappa shape index (κ3) is 3.47. The van der Waals surface area contributed by atoms with Gasteiger partial charge in [0.15, 0.2) is 5.82 Å². The largest absolute Gasteiger partial charge is 0.384 e. The highest BCUT2D eigenvalue weighted by Gasteiger charge is 2.07. The Kier molecular flexibility index (Phi) is 4.23. The number of nitrogens with two attached hydrogens (primary N) is 1. The predicted octanol–water partition coefficient (Wildman–Crippen LogP) is 2.99. The Morgan fingerprint density at radius 1 is 1.10 bits per heavy atom. The fraction of sp³-hybridized carbons (Fsp3) is 0.375. The smallest absolute Gasteiger partial charge is 0.161 e. The molecule has 0 aliphatic heterocycles. The number of hydrogen-bond donors (Lipinski definition) is 1. The molecule has 20 heavy (non-hydrogen) atoms. The van der Waals surface area contributed by atoms with Gasteiger partial charge in [-0.15, -0.1) is 0 Å². The Hall–Kier alpha value is -2.10. The van der Waals surface area contributed by atoms with Crippen LogP contribution in [0.3, 0.4) is 0 Å². The molecule has 2 rings (SSSR count). The normalized spacial score (nSPS) is 10.8. The lowest BCUT2D eigenvalue weighted by molar-refractivity contribution is 0.635. The van der Waals surface area contributed by atoms with Crippen molar-refractivity contribution in [3.8, 4) is 11.4 Å². The molecule has 0 spiro atoms. The van der Waals surface area contributed by atoms with Gasteiger partial charge in [0.1, 0.15) is 5.82 Å². The summed E-state index contributed by atoms with van der Waals surface area (Å²) in [5.41, 5.74) is 9.04.